The van der Waals surface area contributed by atoms with E-state index in [1.807, 2.05) is 6.07 Å². The molecule has 4 nitrogen and oxygen atoms in total. The topological polar surface area (TPSA) is 70.5 Å². The third kappa shape index (κ3) is 4.25. The second kappa shape index (κ2) is 7.51. The molecule has 0 radical (unpaired) electrons. The van der Waals surface area contributed by atoms with Crippen molar-refractivity contribution in [3.63, 3.8) is 0 Å². The Morgan fingerprint density at radius 1 is 0.567 bits per heavy atom. The van der Waals surface area contributed by atoms with E-state index in [9.17, 15) is 13.2 Å². The number of anilines is 2. The standard InChI is InChI=1S/C23H17F3N2O2/c24-23(25,26)21-13-17(28)5-10-22(21)30-20-7-2-14-1-6-19(11-15(14)12-20)29-18-8-3-16(27)4-9-18/h1-13H,27-28H2. The van der Waals surface area contributed by atoms with Crippen molar-refractivity contribution in [2.24, 2.45) is 0 Å². The molecule has 0 saturated heterocycles. The van der Waals surface area contributed by atoms with Crippen molar-refractivity contribution in [3.8, 4) is 23.0 Å². The van der Waals surface area contributed by atoms with Crippen LogP contribution in [0.15, 0.2) is 78.9 Å². The number of hydrogen-bond donors (Lipinski definition) is 2. The van der Waals surface area contributed by atoms with Crippen LogP contribution in [0.4, 0.5) is 24.5 Å². The van der Waals surface area contributed by atoms with Crippen LogP contribution in [0.5, 0.6) is 23.0 Å². The zero-order chi connectivity index (χ0) is 21.3. The summed E-state index contributed by atoms with van der Waals surface area (Å²) >= 11 is 0. The summed E-state index contributed by atoms with van der Waals surface area (Å²) in [7, 11) is 0. The Bertz CT molecular complexity index is 1210. The number of benzene rings is 4. The van der Waals surface area contributed by atoms with Crippen molar-refractivity contribution in [2.45, 2.75) is 6.18 Å². The largest absolute Gasteiger partial charge is 0.457 e. The number of hydrogen-bond acceptors (Lipinski definition) is 4. The van der Waals surface area contributed by atoms with Crippen LogP contribution >= 0.6 is 0 Å². The van der Waals surface area contributed by atoms with Crippen LogP contribution in [0.3, 0.4) is 0 Å². The first kappa shape index (κ1) is 19.4. The molecule has 0 fully saturated rings. The van der Waals surface area contributed by atoms with E-state index >= 15 is 0 Å². The van der Waals surface area contributed by atoms with Crippen molar-refractivity contribution >= 4 is 22.1 Å². The first-order chi connectivity index (χ1) is 14.3. The Hall–Kier alpha value is -3.87. The second-order valence-electron chi connectivity index (χ2n) is 6.70. The Morgan fingerprint density at radius 3 is 1.77 bits per heavy atom. The summed E-state index contributed by atoms with van der Waals surface area (Å²) < 4.78 is 51.3. The van der Waals surface area contributed by atoms with Gasteiger partial charge in [-0.15, -0.1) is 0 Å². The molecule has 0 aromatic heterocycles. The van der Waals surface area contributed by atoms with Gasteiger partial charge in [0.1, 0.15) is 28.6 Å². The lowest BCUT2D eigenvalue weighted by Gasteiger charge is -2.15. The van der Waals surface area contributed by atoms with E-state index in [4.69, 9.17) is 20.9 Å². The zero-order valence-electron chi connectivity index (χ0n) is 15.6. The minimum atomic E-state index is -4.58. The number of halogens is 3. The molecule has 0 saturated carbocycles. The average molecular weight is 410 g/mol. The number of rotatable bonds is 4. The van der Waals surface area contributed by atoms with Crippen LogP contribution in [0, 0.1) is 0 Å². The molecule has 0 aliphatic heterocycles. The van der Waals surface area contributed by atoms with Crippen molar-refractivity contribution in [2.75, 3.05) is 11.5 Å². The summed E-state index contributed by atoms with van der Waals surface area (Å²) in [5.41, 5.74) is 10.9. The monoisotopic (exact) mass is 410 g/mol. The van der Waals surface area contributed by atoms with Gasteiger partial charge in [0.05, 0.1) is 0 Å². The molecule has 0 aliphatic rings. The van der Waals surface area contributed by atoms with E-state index in [-0.39, 0.29) is 17.2 Å². The van der Waals surface area contributed by atoms with Gasteiger partial charge in [-0.1, -0.05) is 12.1 Å². The number of fused-ring (bicyclic) bond motifs is 1. The zero-order valence-corrected chi connectivity index (χ0v) is 15.6. The van der Waals surface area contributed by atoms with Gasteiger partial charge in [0.25, 0.3) is 0 Å². The fourth-order valence-corrected chi connectivity index (χ4v) is 2.99. The molecule has 4 N–H and O–H groups in total. The highest BCUT2D eigenvalue weighted by Gasteiger charge is 2.34. The SMILES string of the molecule is Nc1ccc(Oc2ccc3ccc(Oc4ccc(N)cc4C(F)(F)F)cc3c2)cc1. The van der Waals surface area contributed by atoms with Gasteiger partial charge in [-0.3, -0.25) is 0 Å². The van der Waals surface area contributed by atoms with Gasteiger partial charge in [0, 0.05) is 11.4 Å². The van der Waals surface area contributed by atoms with E-state index in [1.165, 1.54) is 12.1 Å². The van der Waals surface area contributed by atoms with Crippen LogP contribution in [0.1, 0.15) is 5.56 Å². The van der Waals surface area contributed by atoms with Gasteiger partial charge >= 0.3 is 6.18 Å². The lowest BCUT2D eigenvalue weighted by atomic mass is 10.1. The molecule has 0 aliphatic carbocycles. The van der Waals surface area contributed by atoms with Crippen LogP contribution in [-0.4, -0.2) is 0 Å². The van der Waals surface area contributed by atoms with Crippen molar-refractivity contribution in [1.82, 2.24) is 0 Å². The van der Waals surface area contributed by atoms with Crippen molar-refractivity contribution < 1.29 is 22.6 Å². The number of alkyl halides is 3. The second-order valence-corrected chi connectivity index (χ2v) is 6.70. The third-order valence-electron chi connectivity index (χ3n) is 4.44. The molecular formula is C23H17F3N2O2. The van der Waals surface area contributed by atoms with Gasteiger partial charge in [0.15, 0.2) is 0 Å². The van der Waals surface area contributed by atoms with E-state index in [2.05, 4.69) is 0 Å². The highest BCUT2D eigenvalue weighted by atomic mass is 19.4. The maximum Gasteiger partial charge on any atom is 0.420 e. The highest BCUT2D eigenvalue weighted by Crippen LogP contribution is 2.40. The maximum absolute atomic E-state index is 13.3. The lowest BCUT2D eigenvalue weighted by molar-refractivity contribution is -0.138. The molecule has 0 bridgehead atoms. The summed E-state index contributed by atoms with van der Waals surface area (Å²) in [6, 6.07) is 20.9. The Morgan fingerprint density at radius 2 is 1.13 bits per heavy atom. The average Bonchev–Trinajstić information content (AvgIpc) is 2.70. The molecule has 0 heterocycles. The van der Waals surface area contributed by atoms with Gasteiger partial charge in [-0.05, 0) is 77.5 Å². The number of nitrogens with two attached hydrogens (primary N) is 2. The molecular weight excluding hydrogens is 393 g/mol. The highest BCUT2D eigenvalue weighted by molar-refractivity contribution is 5.85. The summed E-state index contributed by atoms with van der Waals surface area (Å²) in [6.45, 7) is 0. The van der Waals surface area contributed by atoms with E-state index in [0.29, 0.717) is 17.2 Å². The van der Waals surface area contributed by atoms with Crippen molar-refractivity contribution in [3.05, 3.63) is 84.4 Å². The smallest absolute Gasteiger partial charge is 0.420 e. The van der Waals surface area contributed by atoms with Gasteiger partial charge < -0.3 is 20.9 Å². The van der Waals surface area contributed by atoms with E-state index < -0.39 is 11.7 Å². The molecule has 0 atom stereocenters. The number of ether oxygens (including phenoxy) is 2. The predicted octanol–water partition coefficient (Wildman–Crippen LogP) is 6.61. The van der Waals surface area contributed by atoms with Crippen LogP contribution in [0.25, 0.3) is 10.8 Å². The van der Waals surface area contributed by atoms with E-state index in [1.54, 1.807) is 54.6 Å². The van der Waals surface area contributed by atoms with Gasteiger partial charge in [0.2, 0.25) is 0 Å². The molecule has 4 rings (SSSR count). The Kier molecular flexibility index (Phi) is 4.87. The Balaban J connectivity index is 1.64. The summed E-state index contributed by atoms with van der Waals surface area (Å²) in [6.07, 6.45) is -4.58. The predicted molar refractivity (Wildman–Crippen MR) is 111 cm³/mol. The third-order valence-corrected chi connectivity index (χ3v) is 4.44. The molecule has 7 heteroatoms. The van der Waals surface area contributed by atoms with Gasteiger partial charge in [-0.2, -0.15) is 13.2 Å². The van der Waals surface area contributed by atoms with E-state index in [0.717, 1.165) is 16.8 Å². The minimum Gasteiger partial charge on any atom is -0.457 e. The Labute approximate surface area is 170 Å². The molecule has 0 amide bonds. The minimum absolute atomic E-state index is 0.0117. The first-order valence-corrected chi connectivity index (χ1v) is 9.00. The summed E-state index contributed by atoms with van der Waals surface area (Å²) in [5, 5.41) is 1.64. The summed E-state index contributed by atoms with van der Waals surface area (Å²) in [5.74, 6) is 1.15. The molecule has 0 unspecified atom stereocenters. The molecule has 4 aromatic rings. The normalized spacial score (nSPS) is 11.4. The summed E-state index contributed by atoms with van der Waals surface area (Å²) in [4.78, 5) is 0. The van der Waals surface area contributed by atoms with Crippen LogP contribution in [0.2, 0.25) is 0 Å². The first-order valence-electron chi connectivity index (χ1n) is 9.00. The molecule has 4 aromatic carbocycles. The maximum atomic E-state index is 13.3. The fraction of sp³-hybridized carbons (Fsp3) is 0.0435. The molecule has 30 heavy (non-hydrogen) atoms. The fourth-order valence-electron chi connectivity index (χ4n) is 2.99. The van der Waals surface area contributed by atoms with Crippen molar-refractivity contribution in [1.29, 1.82) is 0 Å². The lowest BCUT2D eigenvalue weighted by Crippen LogP contribution is -2.08. The molecule has 0 spiro atoms. The van der Waals surface area contributed by atoms with Gasteiger partial charge in [-0.25, -0.2) is 0 Å². The quantitative estimate of drug-likeness (QED) is 0.372. The van der Waals surface area contributed by atoms with Crippen LogP contribution < -0.4 is 20.9 Å². The number of nitrogen functional groups attached to an aromatic ring is 2. The van der Waals surface area contributed by atoms with Crippen LogP contribution in [-0.2, 0) is 6.18 Å². The molecule has 152 valence electrons.